The van der Waals surface area contributed by atoms with Gasteiger partial charge in [0.2, 0.25) is 0 Å². The summed E-state index contributed by atoms with van der Waals surface area (Å²) in [4.78, 5) is 15.1. The summed E-state index contributed by atoms with van der Waals surface area (Å²) in [5.74, 6) is 1.96. The van der Waals surface area contributed by atoms with Crippen LogP contribution in [0.5, 0.6) is 0 Å². The molecule has 3 nitrogen and oxygen atoms in total. The van der Waals surface area contributed by atoms with Gasteiger partial charge < -0.3 is 0 Å². The van der Waals surface area contributed by atoms with Crippen molar-refractivity contribution in [3.8, 4) is 67.5 Å². The topological polar surface area (TPSA) is 38.7 Å². The monoisotopic (exact) mass is 749 g/mol. The molecule has 0 aliphatic carbocycles. The SMILES string of the molecule is c1ccc(-c2ccc(-c3nc(-c4ccccc4)nc(-c4ccc5c(c4)sc4cccc(-c6ccccc6-c6cccc7sc8ccccc8c67)c45)n3)cc2)cc1. The van der Waals surface area contributed by atoms with E-state index in [1.807, 2.05) is 46.9 Å². The van der Waals surface area contributed by atoms with Crippen LogP contribution >= 0.6 is 22.7 Å². The van der Waals surface area contributed by atoms with E-state index in [4.69, 9.17) is 15.0 Å². The van der Waals surface area contributed by atoms with Crippen molar-refractivity contribution < 1.29 is 0 Å². The van der Waals surface area contributed by atoms with Crippen molar-refractivity contribution in [2.75, 3.05) is 0 Å². The number of rotatable bonds is 6. The maximum Gasteiger partial charge on any atom is 0.164 e. The summed E-state index contributed by atoms with van der Waals surface area (Å²) in [6.07, 6.45) is 0. The van der Waals surface area contributed by atoms with Crippen LogP contribution in [0.2, 0.25) is 0 Å². The van der Waals surface area contributed by atoms with Crippen LogP contribution < -0.4 is 0 Å². The maximum absolute atomic E-state index is 5.10. The highest BCUT2D eigenvalue weighted by molar-refractivity contribution is 7.26. The second-order valence-electron chi connectivity index (χ2n) is 13.9. The molecule has 0 fully saturated rings. The third kappa shape index (κ3) is 5.60. The number of benzene rings is 8. The minimum absolute atomic E-state index is 0.650. The minimum atomic E-state index is 0.650. The quantitative estimate of drug-likeness (QED) is 0.170. The van der Waals surface area contributed by atoms with E-state index in [0.29, 0.717) is 17.5 Å². The molecule has 0 saturated carbocycles. The first-order valence-corrected chi connectivity index (χ1v) is 20.3. The fourth-order valence-corrected chi connectivity index (χ4v) is 10.2. The molecule has 0 amide bonds. The molecule has 262 valence electrons. The molecule has 0 unspecified atom stereocenters. The highest BCUT2D eigenvalue weighted by Gasteiger charge is 2.19. The van der Waals surface area contributed by atoms with E-state index >= 15 is 0 Å². The molecule has 0 spiro atoms. The maximum atomic E-state index is 5.10. The summed E-state index contributed by atoms with van der Waals surface area (Å²) in [7, 11) is 0. The van der Waals surface area contributed by atoms with E-state index < -0.39 is 0 Å². The van der Waals surface area contributed by atoms with Crippen LogP contribution in [-0.4, -0.2) is 15.0 Å². The van der Waals surface area contributed by atoms with Crippen LogP contribution in [0.25, 0.3) is 108 Å². The van der Waals surface area contributed by atoms with Gasteiger partial charge in [-0.15, -0.1) is 22.7 Å². The Morgan fingerprint density at radius 2 is 0.679 bits per heavy atom. The Morgan fingerprint density at radius 1 is 0.268 bits per heavy atom. The predicted molar refractivity (Wildman–Crippen MR) is 238 cm³/mol. The number of thiophene rings is 2. The van der Waals surface area contributed by atoms with Gasteiger partial charge in [0, 0.05) is 57.0 Å². The van der Waals surface area contributed by atoms with Gasteiger partial charge in [0.25, 0.3) is 0 Å². The van der Waals surface area contributed by atoms with E-state index in [-0.39, 0.29) is 0 Å². The summed E-state index contributed by atoms with van der Waals surface area (Å²) in [5.41, 5.74) is 10.2. The van der Waals surface area contributed by atoms with Crippen molar-refractivity contribution in [2.45, 2.75) is 0 Å². The van der Waals surface area contributed by atoms with E-state index in [0.717, 1.165) is 22.3 Å². The molecular weight excluding hydrogens is 719 g/mol. The van der Waals surface area contributed by atoms with E-state index in [2.05, 4.69) is 164 Å². The summed E-state index contributed by atoms with van der Waals surface area (Å²) < 4.78 is 5.08. The number of hydrogen-bond donors (Lipinski definition) is 0. The molecule has 0 bridgehead atoms. The number of fused-ring (bicyclic) bond motifs is 6. The van der Waals surface area contributed by atoms with Gasteiger partial charge in [0.15, 0.2) is 17.5 Å². The normalized spacial score (nSPS) is 11.6. The lowest BCUT2D eigenvalue weighted by Gasteiger charge is -2.13. The molecule has 11 aromatic rings. The second kappa shape index (κ2) is 13.5. The molecule has 5 heteroatoms. The number of hydrogen-bond acceptors (Lipinski definition) is 5. The zero-order valence-electron chi connectivity index (χ0n) is 30.1. The number of aromatic nitrogens is 3. The standard InChI is InChI=1S/C51H31N3S2/c1-3-13-32(14-4-1)33-25-27-35(28-26-33)50-52-49(34-15-5-2-6-16-34)53-51(54-50)36-29-30-42-46(31-36)56-45-24-12-21-40(48(42)45)38-18-8-7-17-37(38)39-20-11-23-44-47(39)41-19-9-10-22-43(41)55-44/h1-31H. The molecule has 8 aromatic carbocycles. The molecule has 11 rings (SSSR count). The number of nitrogens with zero attached hydrogens (tertiary/aromatic N) is 3. The van der Waals surface area contributed by atoms with Crippen molar-refractivity contribution in [2.24, 2.45) is 0 Å². The summed E-state index contributed by atoms with van der Waals surface area (Å²) in [5, 5.41) is 5.14. The smallest absolute Gasteiger partial charge is 0.164 e. The van der Waals surface area contributed by atoms with Crippen LogP contribution in [0, 0.1) is 0 Å². The van der Waals surface area contributed by atoms with Crippen LogP contribution in [0.3, 0.4) is 0 Å². The molecule has 0 saturated heterocycles. The van der Waals surface area contributed by atoms with E-state index in [1.165, 1.54) is 68.2 Å². The molecule has 3 aromatic heterocycles. The third-order valence-corrected chi connectivity index (χ3v) is 12.8. The Kier molecular flexibility index (Phi) is 7.87. The lowest BCUT2D eigenvalue weighted by Crippen LogP contribution is -2.00. The minimum Gasteiger partial charge on any atom is -0.208 e. The molecule has 0 N–H and O–H groups in total. The van der Waals surface area contributed by atoms with Crippen LogP contribution in [0.15, 0.2) is 188 Å². The first-order valence-electron chi connectivity index (χ1n) is 18.7. The molecule has 3 heterocycles. The third-order valence-electron chi connectivity index (χ3n) is 10.6. The Labute approximate surface area is 331 Å². The van der Waals surface area contributed by atoms with Gasteiger partial charge in [-0.2, -0.15) is 0 Å². The van der Waals surface area contributed by atoms with E-state index in [1.54, 1.807) is 0 Å². The molecular formula is C51H31N3S2. The first-order chi connectivity index (χ1) is 27.7. The van der Waals surface area contributed by atoms with Crippen LogP contribution in [-0.2, 0) is 0 Å². The second-order valence-corrected chi connectivity index (χ2v) is 16.1. The van der Waals surface area contributed by atoms with Gasteiger partial charge in [0.1, 0.15) is 0 Å². The van der Waals surface area contributed by atoms with Crippen molar-refractivity contribution in [3.63, 3.8) is 0 Å². The van der Waals surface area contributed by atoms with Crippen molar-refractivity contribution in [3.05, 3.63) is 188 Å². The van der Waals surface area contributed by atoms with Crippen molar-refractivity contribution in [1.29, 1.82) is 0 Å². The Bertz CT molecular complexity index is 3240. The fraction of sp³-hybridized carbons (Fsp3) is 0. The highest BCUT2D eigenvalue weighted by Crippen LogP contribution is 2.46. The zero-order chi connectivity index (χ0) is 37.0. The van der Waals surface area contributed by atoms with Gasteiger partial charge in [-0.3, -0.25) is 0 Å². The average molecular weight is 750 g/mol. The largest absolute Gasteiger partial charge is 0.208 e. The van der Waals surface area contributed by atoms with Gasteiger partial charge in [-0.25, -0.2) is 15.0 Å². The lowest BCUT2D eigenvalue weighted by molar-refractivity contribution is 1.07. The molecule has 0 aliphatic rings. The van der Waals surface area contributed by atoms with Crippen LogP contribution in [0.4, 0.5) is 0 Å². The Hall–Kier alpha value is -6.79. The Morgan fingerprint density at radius 3 is 1.32 bits per heavy atom. The molecule has 0 atom stereocenters. The van der Waals surface area contributed by atoms with Crippen molar-refractivity contribution >= 4 is 63.0 Å². The van der Waals surface area contributed by atoms with E-state index in [9.17, 15) is 0 Å². The fourth-order valence-electron chi connectivity index (χ4n) is 7.93. The summed E-state index contributed by atoms with van der Waals surface area (Å²) >= 11 is 3.68. The molecule has 0 aliphatic heterocycles. The van der Waals surface area contributed by atoms with Crippen LogP contribution in [0.1, 0.15) is 0 Å². The van der Waals surface area contributed by atoms with Gasteiger partial charge in [-0.1, -0.05) is 164 Å². The van der Waals surface area contributed by atoms with Gasteiger partial charge >= 0.3 is 0 Å². The Balaban J connectivity index is 1.04. The zero-order valence-corrected chi connectivity index (χ0v) is 31.7. The molecule has 56 heavy (non-hydrogen) atoms. The summed E-state index contributed by atoms with van der Waals surface area (Å²) in [6.45, 7) is 0. The van der Waals surface area contributed by atoms with Crippen molar-refractivity contribution in [1.82, 2.24) is 15.0 Å². The lowest BCUT2D eigenvalue weighted by atomic mass is 9.90. The highest BCUT2D eigenvalue weighted by atomic mass is 32.1. The van der Waals surface area contributed by atoms with Gasteiger partial charge in [0.05, 0.1) is 0 Å². The summed E-state index contributed by atoms with van der Waals surface area (Å²) in [6, 6.07) is 66.8. The first kappa shape index (κ1) is 32.6. The predicted octanol–water partition coefficient (Wildman–Crippen LogP) is 14.6. The molecule has 0 radical (unpaired) electrons. The van der Waals surface area contributed by atoms with Gasteiger partial charge in [-0.05, 0) is 57.6 Å². The average Bonchev–Trinajstić information content (AvgIpc) is 3.85.